The molecule has 1 saturated heterocycles. The molecule has 0 saturated carbocycles. The van der Waals surface area contributed by atoms with Gasteiger partial charge in [0.1, 0.15) is 11.9 Å². The molecular weight excluding hydrogens is 296 g/mol. The van der Waals surface area contributed by atoms with Gasteiger partial charge in [0.25, 0.3) is 0 Å². The Morgan fingerprint density at radius 2 is 1.67 bits per heavy atom. The number of nitriles is 1. The second-order valence-electron chi connectivity index (χ2n) is 6.08. The summed E-state index contributed by atoms with van der Waals surface area (Å²) in [6, 6.07) is 24.4. The first-order chi connectivity index (χ1) is 11.8. The largest absolute Gasteiger partial charge is 0.489 e. The van der Waals surface area contributed by atoms with Crippen molar-refractivity contribution in [1.29, 1.82) is 5.26 Å². The van der Waals surface area contributed by atoms with Crippen molar-refractivity contribution < 1.29 is 4.74 Å². The number of anilines is 1. The van der Waals surface area contributed by atoms with Crippen LogP contribution in [0.3, 0.4) is 0 Å². The van der Waals surface area contributed by atoms with Crippen LogP contribution in [0.5, 0.6) is 5.75 Å². The highest BCUT2D eigenvalue weighted by Gasteiger charge is 2.25. The molecule has 3 aromatic carbocycles. The molecule has 3 aromatic rings. The monoisotopic (exact) mass is 314 g/mol. The third-order valence-electron chi connectivity index (χ3n) is 4.55. The van der Waals surface area contributed by atoms with Gasteiger partial charge >= 0.3 is 0 Å². The summed E-state index contributed by atoms with van der Waals surface area (Å²) in [5.41, 5.74) is 1.91. The Bertz CT molecular complexity index is 899. The highest BCUT2D eigenvalue weighted by Crippen LogP contribution is 2.32. The molecule has 1 aliphatic rings. The number of hydrogen-bond acceptors (Lipinski definition) is 3. The molecule has 0 N–H and O–H groups in total. The van der Waals surface area contributed by atoms with E-state index < -0.39 is 0 Å². The Morgan fingerprint density at radius 1 is 0.917 bits per heavy atom. The fraction of sp³-hybridized carbons (Fsp3) is 0.190. The van der Waals surface area contributed by atoms with Gasteiger partial charge in [0.05, 0.1) is 18.2 Å². The van der Waals surface area contributed by atoms with Gasteiger partial charge in [-0.25, -0.2) is 0 Å². The molecule has 1 unspecified atom stereocenters. The van der Waals surface area contributed by atoms with Crippen LogP contribution in [-0.4, -0.2) is 19.2 Å². The Balaban J connectivity index is 1.60. The van der Waals surface area contributed by atoms with E-state index in [0.717, 1.165) is 41.6 Å². The molecule has 3 heteroatoms. The van der Waals surface area contributed by atoms with Gasteiger partial charge in [-0.2, -0.15) is 5.26 Å². The average Bonchev–Trinajstić information content (AvgIpc) is 3.10. The zero-order valence-corrected chi connectivity index (χ0v) is 13.4. The zero-order chi connectivity index (χ0) is 16.4. The fourth-order valence-corrected chi connectivity index (χ4v) is 3.39. The molecule has 118 valence electrons. The number of rotatable bonds is 3. The first-order valence-electron chi connectivity index (χ1n) is 8.23. The predicted molar refractivity (Wildman–Crippen MR) is 96.4 cm³/mol. The summed E-state index contributed by atoms with van der Waals surface area (Å²) in [4.78, 5) is 2.36. The summed E-state index contributed by atoms with van der Waals surface area (Å²) in [5.74, 6) is 0.925. The number of para-hydroxylation sites is 1. The molecule has 1 aliphatic heterocycles. The van der Waals surface area contributed by atoms with Crippen LogP contribution in [0, 0.1) is 11.3 Å². The normalized spacial score (nSPS) is 17.0. The van der Waals surface area contributed by atoms with Crippen LogP contribution in [0.2, 0.25) is 0 Å². The fourth-order valence-electron chi connectivity index (χ4n) is 3.39. The molecule has 4 rings (SSSR count). The van der Waals surface area contributed by atoms with Crippen molar-refractivity contribution in [3.63, 3.8) is 0 Å². The van der Waals surface area contributed by atoms with Gasteiger partial charge in [-0.3, -0.25) is 0 Å². The SMILES string of the molecule is N#Cc1ccc(N2CCC(Oc3ccccc3)C2)c2ccccc12. The molecular formula is C21H18N2O. The second kappa shape index (κ2) is 6.25. The van der Waals surface area contributed by atoms with Crippen molar-refractivity contribution in [3.8, 4) is 11.8 Å². The summed E-state index contributed by atoms with van der Waals surface area (Å²) < 4.78 is 6.09. The number of benzene rings is 3. The van der Waals surface area contributed by atoms with Crippen molar-refractivity contribution in [2.75, 3.05) is 18.0 Å². The van der Waals surface area contributed by atoms with E-state index in [4.69, 9.17) is 4.74 Å². The maximum absolute atomic E-state index is 9.31. The van der Waals surface area contributed by atoms with Crippen LogP contribution in [0.1, 0.15) is 12.0 Å². The van der Waals surface area contributed by atoms with Gasteiger partial charge in [-0.05, 0) is 24.3 Å². The van der Waals surface area contributed by atoms with Gasteiger partial charge in [-0.1, -0.05) is 42.5 Å². The summed E-state index contributed by atoms with van der Waals surface area (Å²) in [5, 5.41) is 11.5. The molecule has 0 radical (unpaired) electrons. The van der Waals surface area contributed by atoms with Gasteiger partial charge in [-0.15, -0.1) is 0 Å². The van der Waals surface area contributed by atoms with Crippen LogP contribution in [0.25, 0.3) is 10.8 Å². The molecule has 0 amide bonds. The van der Waals surface area contributed by atoms with E-state index in [0.29, 0.717) is 0 Å². The number of fused-ring (bicyclic) bond motifs is 1. The second-order valence-corrected chi connectivity index (χ2v) is 6.08. The van der Waals surface area contributed by atoms with E-state index in [1.54, 1.807) is 0 Å². The minimum absolute atomic E-state index is 0.196. The minimum Gasteiger partial charge on any atom is -0.489 e. The van der Waals surface area contributed by atoms with E-state index in [9.17, 15) is 5.26 Å². The maximum atomic E-state index is 9.31. The smallest absolute Gasteiger partial charge is 0.119 e. The van der Waals surface area contributed by atoms with Crippen molar-refractivity contribution in [3.05, 3.63) is 72.3 Å². The van der Waals surface area contributed by atoms with Crippen LogP contribution in [0.15, 0.2) is 66.7 Å². The van der Waals surface area contributed by atoms with E-state index >= 15 is 0 Å². The summed E-state index contributed by atoms with van der Waals surface area (Å²) in [6.45, 7) is 1.83. The van der Waals surface area contributed by atoms with Crippen molar-refractivity contribution in [1.82, 2.24) is 0 Å². The topological polar surface area (TPSA) is 36.3 Å². The number of ether oxygens (including phenoxy) is 1. The highest BCUT2D eigenvalue weighted by molar-refractivity contribution is 5.97. The molecule has 0 spiro atoms. The molecule has 1 heterocycles. The van der Waals surface area contributed by atoms with Crippen molar-refractivity contribution in [2.24, 2.45) is 0 Å². The molecule has 0 aromatic heterocycles. The molecule has 3 nitrogen and oxygen atoms in total. The lowest BCUT2D eigenvalue weighted by Gasteiger charge is -2.21. The lowest BCUT2D eigenvalue weighted by atomic mass is 10.0. The van der Waals surface area contributed by atoms with E-state index in [1.165, 1.54) is 5.69 Å². The third-order valence-corrected chi connectivity index (χ3v) is 4.55. The zero-order valence-electron chi connectivity index (χ0n) is 13.4. The third kappa shape index (κ3) is 2.68. The van der Waals surface area contributed by atoms with Gasteiger partial charge in [0.15, 0.2) is 0 Å². The summed E-state index contributed by atoms with van der Waals surface area (Å²) in [6.07, 6.45) is 1.20. The molecule has 24 heavy (non-hydrogen) atoms. The molecule has 1 atom stereocenters. The quantitative estimate of drug-likeness (QED) is 0.720. The van der Waals surface area contributed by atoms with E-state index in [-0.39, 0.29) is 6.10 Å². The van der Waals surface area contributed by atoms with Crippen LogP contribution in [-0.2, 0) is 0 Å². The molecule has 0 aliphatic carbocycles. The van der Waals surface area contributed by atoms with Crippen LogP contribution < -0.4 is 9.64 Å². The average molecular weight is 314 g/mol. The summed E-state index contributed by atoms with van der Waals surface area (Å²) in [7, 11) is 0. The lowest BCUT2D eigenvalue weighted by molar-refractivity contribution is 0.225. The summed E-state index contributed by atoms with van der Waals surface area (Å²) >= 11 is 0. The van der Waals surface area contributed by atoms with Gasteiger partial charge in [0.2, 0.25) is 0 Å². The highest BCUT2D eigenvalue weighted by atomic mass is 16.5. The lowest BCUT2D eigenvalue weighted by Crippen LogP contribution is -2.24. The Kier molecular flexibility index (Phi) is 3.80. The minimum atomic E-state index is 0.196. The maximum Gasteiger partial charge on any atom is 0.119 e. The molecule has 0 bridgehead atoms. The standard InChI is InChI=1S/C21H18N2O/c22-14-16-10-11-21(20-9-5-4-8-19(16)20)23-13-12-18(15-23)24-17-6-2-1-3-7-17/h1-11,18H,12-13,15H2. The molecule has 1 fully saturated rings. The van der Waals surface area contributed by atoms with Gasteiger partial charge < -0.3 is 9.64 Å². The van der Waals surface area contributed by atoms with Gasteiger partial charge in [0, 0.05) is 29.4 Å². The number of hydrogen-bond donors (Lipinski definition) is 0. The number of nitrogens with zero attached hydrogens (tertiary/aromatic N) is 2. The predicted octanol–water partition coefficient (Wildman–Crippen LogP) is 4.37. The van der Waals surface area contributed by atoms with Crippen LogP contribution in [0.4, 0.5) is 5.69 Å². The van der Waals surface area contributed by atoms with E-state index in [2.05, 4.69) is 23.1 Å². The Hall–Kier alpha value is -2.99. The first kappa shape index (κ1) is 14.6. The van der Waals surface area contributed by atoms with E-state index in [1.807, 2.05) is 54.6 Å². The Morgan fingerprint density at radius 3 is 2.46 bits per heavy atom. The van der Waals surface area contributed by atoms with Crippen molar-refractivity contribution >= 4 is 16.5 Å². The Labute approximate surface area is 141 Å². The van der Waals surface area contributed by atoms with Crippen LogP contribution >= 0.6 is 0 Å². The van der Waals surface area contributed by atoms with Crippen molar-refractivity contribution in [2.45, 2.75) is 12.5 Å². The first-order valence-corrected chi connectivity index (χ1v) is 8.23.